The number of nitrogens with zero attached hydrogens (tertiary/aromatic N) is 4. The molecule has 5 heterocycles. The number of likely N-dealkylation sites (tertiary alicyclic amines) is 1. The van der Waals surface area contributed by atoms with Gasteiger partial charge in [0.05, 0.1) is 39.4 Å². The zero-order valence-corrected chi connectivity index (χ0v) is 56.4. The zero-order chi connectivity index (χ0) is 69.9. The average molecular weight is 1340 g/mol. The van der Waals surface area contributed by atoms with E-state index in [0.29, 0.717) is 54.4 Å². The highest BCUT2D eigenvalue weighted by Gasteiger charge is 2.63. The third kappa shape index (κ3) is 18.3. The Morgan fingerprint density at radius 3 is 1.92 bits per heavy atom. The maximum atomic E-state index is 14.4. The second-order valence-corrected chi connectivity index (χ2v) is 27.6. The van der Waals surface area contributed by atoms with Gasteiger partial charge >= 0.3 is 36.3 Å². The van der Waals surface area contributed by atoms with Crippen LogP contribution in [-0.2, 0) is 83.4 Å². The normalized spacial score (nSPS) is 25.8. The topological polar surface area (TPSA) is 287 Å². The van der Waals surface area contributed by atoms with Gasteiger partial charge in [-0.3, -0.25) is 29.0 Å². The molecule has 8 amide bonds. The van der Waals surface area contributed by atoms with Crippen molar-refractivity contribution in [2.24, 2.45) is 11.8 Å². The maximum absolute atomic E-state index is 14.4. The van der Waals surface area contributed by atoms with E-state index < -0.39 is 130 Å². The highest BCUT2D eigenvalue weighted by molar-refractivity contribution is 5.98. The zero-order valence-electron chi connectivity index (χ0n) is 56.4. The van der Waals surface area contributed by atoms with Crippen LogP contribution < -0.4 is 21.3 Å². The van der Waals surface area contributed by atoms with Gasteiger partial charge in [0.1, 0.15) is 70.3 Å². The molecule has 7 aliphatic rings. The summed E-state index contributed by atoms with van der Waals surface area (Å²) in [5.41, 5.74) is -2.00. The minimum atomic E-state index is -1.32. The molecule has 2 saturated carbocycles. The first kappa shape index (κ1) is 73.2. The van der Waals surface area contributed by atoms with Gasteiger partial charge in [-0.2, -0.15) is 0 Å². The third-order valence-corrected chi connectivity index (χ3v) is 18.0. The van der Waals surface area contributed by atoms with Crippen molar-refractivity contribution in [3.63, 3.8) is 0 Å². The number of hydrogen-bond donors (Lipinski definition) is 4. The lowest BCUT2D eigenvalue weighted by molar-refractivity contribution is -0.150. The Kier molecular flexibility index (Phi) is 24.1. The molecule has 0 unspecified atom stereocenters. The molecule has 96 heavy (non-hydrogen) atoms. The molecule has 5 aliphatic heterocycles. The van der Waals surface area contributed by atoms with Crippen molar-refractivity contribution in [2.75, 3.05) is 26.3 Å². The van der Waals surface area contributed by atoms with Crippen molar-refractivity contribution in [2.45, 2.75) is 230 Å². The molecule has 9 rings (SSSR count). The van der Waals surface area contributed by atoms with Crippen LogP contribution in [0.1, 0.15) is 168 Å². The molecule has 26 heteroatoms. The van der Waals surface area contributed by atoms with Crippen LogP contribution in [0.3, 0.4) is 0 Å². The first-order valence-electron chi connectivity index (χ1n) is 33.5. The van der Waals surface area contributed by atoms with E-state index in [1.807, 2.05) is 18.2 Å². The van der Waals surface area contributed by atoms with E-state index in [4.69, 9.17) is 28.4 Å². The van der Waals surface area contributed by atoms with Gasteiger partial charge < -0.3 is 59.5 Å². The number of esters is 2. The van der Waals surface area contributed by atoms with Crippen molar-refractivity contribution in [3.8, 4) is 0 Å². The van der Waals surface area contributed by atoms with Crippen molar-refractivity contribution >= 4 is 59.9 Å². The van der Waals surface area contributed by atoms with Crippen molar-refractivity contribution in [1.29, 1.82) is 0 Å². The van der Waals surface area contributed by atoms with Crippen LogP contribution in [0.4, 0.5) is 28.0 Å². The molecule has 10 atom stereocenters. The highest BCUT2D eigenvalue weighted by Crippen LogP contribution is 2.47. The van der Waals surface area contributed by atoms with E-state index in [-0.39, 0.29) is 83.6 Å². The summed E-state index contributed by atoms with van der Waals surface area (Å²) in [6, 6.07) is 5.04. The number of fused-ring (bicyclic) bond motifs is 4. The van der Waals surface area contributed by atoms with E-state index in [1.165, 1.54) is 31.7 Å². The Balaban J connectivity index is 0.000000246. The number of halogens is 2. The summed E-state index contributed by atoms with van der Waals surface area (Å²) in [6.07, 6.45) is 9.80. The predicted molar refractivity (Wildman–Crippen MR) is 345 cm³/mol. The SMILES string of the molecule is C=CCCCCC[C@H](NC(=O)OC(C)(C)C)C(=O)N1C[C@H](OC(=O)N2Cc3cccc(F)c3C2)C[C@H]1C(=O)N[C@]1(C(=O)OCC)C[C@H]1C=C.CCOC(=O)[C@@]12C[C@H]1/C=C\CCCCC[C@H](NC(=O)OC(C)(C)C)C(=O)N1C[C@H](OC(=O)N3Cc4cccc(F)c4C3)C[C@H]1C(=O)N2. The van der Waals surface area contributed by atoms with E-state index in [2.05, 4.69) is 34.4 Å². The number of ether oxygens (including phenoxy) is 6. The number of carbonyl (C=O) groups is 10. The van der Waals surface area contributed by atoms with Crippen molar-refractivity contribution in [1.82, 2.24) is 40.9 Å². The van der Waals surface area contributed by atoms with Crippen molar-refractivity contribution in [3.05, 3.63) is 108 Å². The van der Waals surface area contributed by atoms with Gasteiger partial charge in [0, 0.05) is 48.9 Å². The monoisotopic (exact) mass is 1340 g/mol. The number of carbonyl (C=O) groups excluding carboxylic acids is 10. The molecule has 524 valence electrons. The van der Waals surface area contributed by atoms with Gasteiger partial charge in [-0.15, -0.1) is 13.2 Å². The Bertz CT molecular complexity index is 3300. The van der Waals surface area contributed by atoms with Crippen molar-refractivity contribution < 1.29 is 85.1 Å². The highest BCUT2D eigenvalue weighted by atomic mass is 19.1. The summed E-state index contributed by atoms with van der Waals surface area (Å²) in [6.45, 7) is 21.5. The molecule has 2 saturated heterocycles. The molecule has 2 aromatic rings. The number of amides is 8. The second-order valence-electron chi connectivity index (χ2n) is 27.6. The number of rotatable bonds is 18. The smallest absolute Gasteiger partial charge is 0.410 e. The van der Waals surface area contributed by atoms with Crippen LogP contribution in [-0.4, -0.2) is 164 Å². The number of benzene rings is 2. The second kappa shape index (κ2) is 31.5. The number of nitrogens with one attached hydrogen (secondary N) is 4. The quantitative estimate of drug-likeness (QED) is 0.0468. The number of hydrogen-bond acceptors (Lipinski definition) is 16. The van der Waals surface area contributed by atoms with E-state index >= 15 is 0 Å². The summed E-state index contributed by atoms with van der Waals surface area (Å²) in [7, 11) is 0. The summed E-state index contributed by atoms with van der Waals surface area (Å²) >= 11 is 0. The standard InChI is InChI=1S/C36H49FN4O8.C34H45FN4O8/c1-7-10-11-12-13-17-28(38-33(45)49-35(4,5)6)31(43)41-21-25(48-34(46)40-20-23-15-14-16-27(37)26(23)22-40)18-29(41)30(42)39-36(19-24(36)8-2)32(44)47-9-3;1-5-45-30(42)34-17-22(34)13-9-7-6-8-10-15-26(36-31(43)47-33(2,3)4)29(41)39-19-23(16-27(39)28(40)37-34)46-32(44)38-18-21-12-11-14-25(35)24(21)20-38/h7-8,14-16,24-25,28-29H,1-2,9-13,17-22H2,3-6H3,(H,38,45)(H,39,42);9,11-14,22-23,26-27H,5-8,10,15-20H2,1-4H3,(H,36,43)(H,37,40)/b;13-9-/t24-,25-,28+,29+,36-;22-,23-,26+,27+,34-/m11/s1. The molecular weight excluding hydrogens is 1250 g/mol. The molecule has 2 aliphatic carbocycles. The molecule has 4 fully saturated rings. The lowest BCUT2D eigenvalue weighted by atomic mass is 10.0. The molecule has 0 radical (unpaired) electrons. The van der Waals surface area contributed by atoms with Gasteiger partial charge in [0.2, 0.25) is 23.6 Å². The van der Waals surface area contributed by atoms with Crippen LogP contribution in [0.2, 0.25) is 0 Å². The number of alkyl carbamates (subject to hydrolysis) is 2. The van der Waals surface area contributed by atoms with Crippen LogP contribution >= 0.6 is 0 Å². The predicted octanol–water partition coefficient (Wildman–Crippen LogP) is 9.00. The molecule has 0 aromatic heterocycles. The van der Waals surface area contributed by atoms with Gasteiger partial charge in [-0.25, -0.2) is 37.5 Å². The first-order valence-corrected chi connectivity index (χ1v) is 33.5. The van der Waals surface area contributed by atoms with Gasteiger partial charge in [-0.1, -0.05) is 74.3 Å². The number of unbranched alkanes of at least 4 members (excludes halogenated alkanes) is 3. The fourth-order valence-corrected chi connectivity index (χ4v) is 13.0. The first-order chi connectivity index (χ1) is 45.5. The van der Waals surface area contributed by atoms with Gasteiger partial charge in [0.25, 0.3) is 0 Å². The Morgan fingerprint density at radius 1 is 0.740 bits per heavy atom. The molecule has 4 N–H and O–H groups in total. The van der Waals surface area contributed by atoms with E-state index in [9.17, 15) is 56.7 Å². The van der Waals surface area contributed by atoms with Gasteiger partial charge in [0.15, 0.2) is 0 Å². The van der Waals surface area contributed by atoms with Gasteiger partial charge in [-0.05, 0) is 130 Å². The fourth-order valence-electron chi connectivity index (χ4n) is 13.0. The Hall–Kier alpha value is -8.58. The minimum Gasteiger partial charge on any atom is -0.464 e. The molecular formula is C70H94F2N8O16. The molecule has 24 nitrogen and oxygen atoms in total. The third-order valence-electron chi connectivity index (χ3n) is 18.0. The molecule has 0 bridgehead atoms. The summed E-state index contributed by atoms with van der Waals surface area (Å²) < 4.78 is 61.8. The molecule has 0 spiro atoms. The van der Waals surface area contributed by atoms with Crippen LogP contribution in [0.5, 0.6) is 0 Å². The fraction of sp³-hybridized carbons (Fsp3) is 0.600. The minimum absolute atomic E-state index is 0.0266. The lowest BCUT2D eigenvalue weighted by Crippen LogP contribution is -2.56. The van der Waals surface area contributed by atoms with Crippen LogP contribution in [0, 0.1) is 23.5 Å². The van der Waals surface area contributed by atoms with E-state index in [1.54, 1.807) is 85.7 Å². The lowest BCUT2D eigenvalue weighted by Gasteiger charge is -2.30. The van der Waals surface area contributed by atoms with Crippen LogP contribution in [0.25, 0.3) is 0 Å². The van der Waals surface area contributed by atoms with Crippen LogP contribution in [0.15, 0.2) is 73.9 Å². The summed E-state index contributed by atoms with van der Waals surface area (Å²) in [5.74, 6) is -4.85. The van der Waals surface area contributed by atoms with E-state index in [0.717, 1.165) is 38.5 Å². The maximum Gasteiger partial charge on any atom is 0.410 e. The Labute approximate surface area is 559 Å². The summed E-state index contributed by atoms with van der Waals surface area (Å²) in [4.78, 5) is 140. The summed E-state index contributed by atoms with van der Waals surface area (Å²) in [5, 5.41) is 11.1. The number of allylic oxidation sites excluding steroid dienone is 2. The largest absolute Gasteiger partial charge is 0.464 e. The average Bonchev–Trinajstić information content (AvgIpc) is 1.59. The Morgan fingerprint density at radius 2 is 1.34 bits per heavy atom. The molecule has 2 aromatic carbocycles.